The predicted molar refractivity (Wildman–Crippen MR) is 52.5 cm³/mol. The summed E-state index contributed by atoms with van der Waals surface area (Å²) in [5.74, 6) is -0.324. The maximum Gasteiger partial charge on any atom is 0.123 e. The maximum absolute atomic E-state index is 12.6. The summed E-state index contributed by atoms with van der Waals surface area (Å²) in [5.41, 5.74) is 1.20. The minimum absolute atomic E-state index is 0.324. The zero-order valence-electron chi connectivity index (χ0n) is 7.84. The van der Waals surface area contributed by atoms with E-state index in [1.807, 2.05) is 0 Å². The molecular weight excluding hydrogens is 195 g/mol. The Hall–Kier alpha value is -1.81. The van der Waals surface area contributed by atoms with Crippen LogP contribution >= 0.6 is 0 Å². The van der Waals surface area contributed by atoms with Gasteiger partial charge in [0.2, 0.25) is 0 Å². The van der Waals surface area contributed by atoms with Gasteiger partial charge >= 0.3 is 0 Å². The molecule has 2 aromatic rings. The highest BCUT2D eigenvalue weighted by Crippen LogP contribution is 2.20. The van der Waals surface area contributed by atoms with Crippen LogP contribution in [-0.2, 0) is 0 Å². The molecule has 76 valence electrons. The zero-order chi connectivity index (χ0) is 10.7. The largest absolute Gasteiger partial charge is 0.384 e. The number of aliphatic hydroxyl groups is 1. The summed E-state index contributed by atoms with van der Waals surface area (Å²) >= 11 is 0. The fraction of sp³-hybridized carbons (Fsp3) is 0.0909. The highest BCUT2D eigenvalue weighted by Gasteiger charge is 2.10. The van der Waals surface area contributed by atoms with Crippen LogP contribution in [0, 0.1) is 5.82 Å². The number of hydrogen-bond donors (Lipinski definition) is 1. The van der Waals surface area contributed by atoms with Gasteiger partial charge in [-0.3, -0.25) is 0 Å². The third kappa shape index (κ3) is 2.16. The van der Waals surface area contributed by atoms with E-state index in [1.165, 1.54) is 43.0 Å². The highest BCUT2D eigenvalue weighted by molar-refractivity contribution is 5.26. The van der Waals surface area contributed by atoms with E-state index in [9.17, 15) is 9.50 Å². The van der Waals surface area contributed by atoms with Crippen molar-refractivity contribution in [3.05, 3.63) is 59.9 Å². The summed E-state index contributed by atoms with van der Waals surface area (Å²) < 4.78 is 12.6. The molecular formula is C11H9FN2O. The average Bonchev–Trinajstić information content (AvgIpc) is 2.30. The molecule has 1 heterocycles. The van der Waals surface area contributed by atoms with Crippen LogP contribution in [0.4, 0.5) is 4.39 Å². The Morgan fingerprint density at radius 1 is 1.00 bits per heavy atom. The highest BCUT2D eigenvalue weighted by atomic mass is 19.1. The van der Waals surface area contributed by atoms with E-state index in [-0.39, 0.29) is 5.82 Å². The third-order valence-corrected chi connectivity index (χ3v) is 2.08. The van der Waals surface area contributed by atoms with E-state index >= 15 is 0 Å². The third-order valence-electron chi connectivity index (χ3n) is 2.08. The summed E-state index contributed by atoms with van der Waals surface area (Å²) in [5, 5.41) is 9.88. The van der Waals surface area contributed by atoms with Gasteiger partial charge in [0.15, 0.2) is 0 Å². The van der Waals surface area contributed by atoms with Gasteiger partial charge in [0, 0.05) is 18.0 Å². The lowest BCUT2D eigenvalue weighted by molar-refractivity contribution is 0.219. The molecule has 0 aliphatic rings. The molecule has 0 spiro atoms. The van der Waals surface area contributed by atoms with Crippen molar-refractivity contribution in [3.63, 3.8) is 0 Å². The first-order valence-corrected chi connectivity index (χ1v) is 4.46. The molecule has 1 aromatic heterocycles. The SMILES string of the molecule is OC(c1ccc(F)cc1)c1cncnc1. The number of rotatable bonds is 2. The molecule has 0 radical (unpaired) electrons. The Labute approximate surface area is 86.3 Å². The van der Waals surface area contributed by atoms with Crippen molar-refractivity contribution in [2.75, 3.05) is 0 Å². The van der Waals surface area contributed by atoms with Crippen molar-refractivity contribution >= 4 is 0 Å². The second-order valence-corrected chi connectivity index (χ2v) is 3.13. The van der Waals surface area contributed by atoms with Crippen LogP contribution in [-0.4, -0.2) is 15.1 Å². The van der Waals surface area contributed by atoms with E-state index in [0.717, 1.165) is 0 Å². The van der Waals surface area contributed by atoms with E-state index in [0.29, 0.717) is 11.1 Å². The van der Waals surface area contributed by atoms with Crippen LogP contribution in [0.25, 0.3) is 0 Å². The minimum Gasteiger partial charge on any atom is -0.384 e. The van der Waals surface area contributed by atoms with Crippen molar-refractivity contribution in [2.45, 2.75) is 6.10 Å². The Morgan fingerprint density at radius 2 is 1.60 bits per heavy atom. The van der Waals surface area contributed by atoms with Gasteiger partial charge in [-0.15, -0.1) is 0 Å². The molecule has 0 amide bonds. The van der Waals surface area contributed by atoms with E-state index in [4.69, 9.17) is 0 Å². The van der Waals surface area contributed by atoms with Gasteiger partial charge in [0.05, 0.1) is 0 Å². The van der Waals surface area contributed by atoms with Crippen molar-refractivity contribution in [1.82, 2.24) is 9.97 Å². The van der Waals surface area contributed by atoms with Gasteiger partial charge in [-0.05, 0) is 17.7 Å². The molecule has 15 heavy (non-hydrogen) atoms. The topological polar surface area (TPSA) is 46.0 Å². The first kappa shape index (κ1) is 9.73. The van der Waals surface area contributed by atoms with Gasteiger partial charge in [0.1, 0.15) is 18.2 Å². The van der Waals surface area contributed by atoms with Crippen molar-refractivity contribution < 1.29 is 9.50 Å². The van der Waals surface area contributed by atoms with Crippen molar-refractivity contribution in [3.8, 4) is 0 Å². The molecule has 3 nitrogen and oxygen atoms in total. The number of aromatic nitrogens is 2. The quantitative estimate of drug-likeness (QED) is 0.809. The maximum atomic E-state index is 12.6. The summed E-state index contributed by atoms with van der Waals surface area (Å²) in [6.45, 7) is 0. The van der Waals surface area contributed by atoms with Gasteiger partial charge in [-0.1, -0.05) is 12.1 Å². The normalized spacial score (nSPS) is 12.4. The lowest BCUT2D eigenvalue weighted by atomic mass is 10.0. The molecule has 4 heteroatoms. The van der Waals surface area contributed by atoms with Gasteiger partial charge in [0.25, 0.3) is 0 Å². The Balaban J connectivity index is 2.29. The summed E-state index contributed by atoms with van der Waals surface area (Å²) in [4.78, 5) is 7.61. The summed E-state index contributed by atoms with van der Waals surface area (Å²) in [7, 11) is 0. The van der Waals surface area contributed by atoms with E-state index in [1.54, 1.807) is 0 Å². The van der Waals surface area contributed by atoms with Crippen molar-refractivity contribution in [2.24, 2.45) is 0 Å². The monoisotopic (exact) mass is 204 g/mol. The molecule has 2 rings (SSSR count). The number of nitrogens with zero attached hydrogens (tertiary/aromatic N) is 2. The number of hydrogen-bond acceptors (Lipinski definition) is 3. The Bertz CT molecular complexity index is 430. The van der Waals surface area contributed by atoms with Crippen LogP contribution < -0.4 is 0 Å². The van der Waals surface area contributed by atoms with Gasteiger partial charge in [-0.2, -0.15) is 0 Å². The molecule has 0 aliphatic heterocycles. The van der Waals surface area contributed by atoms with Gasteiger partial charge in [-0.25, -0.2) is 14.4 Å². The molecule has 0 saturated carbocycles. The average molecular weight is 204 g/mol. The van der Waals surface area contributed by atoms with Crippen LogP contribution in [0.5, 0.6) is 0 Å². The first-order valence-electron chi connectivity index (χ1n) is 4.46. The second-order valence-electron chi connectivity index (χ2n) is 3.13. The van der Waals surface area contributed by atoms with Gasteiger partial charge < -0.3 is 5.11 Å². The Kier molecular flexibility index (Phi) is 2.69. The van der Waals surface area contributed by atoms with E-state index < -0.39 is 6.10 Å². The lowest BCUT2D eigenvalue weighted by Gasteiger charge is -2.09. The number of halogens is 1. The van der Waals surface area contributed by atoms with Crippen LogP contribution in [0.2, 0.25) is 0 Å². The molecule has 1 atom stereocenters. The van der Waals surface area contributed by atoms with Crippen LogP contribution in [0.3, 0.4) is 0 Å². The Morgan fingerprint density at radius 3 is 2.20 bits per heavy atom. The summed E-state index contributed by atoms with van der Waals surface area (Å²) in [6.07, 6.45) is 3.63. The van der Waals surface area contributed by atoms with E-state index in [2.05, 4.69) is 9.97 Å². The smallest absolute Gasteiger partial charge is 0.123 e. The standard InChI is InChI=1S/C11H9FN2O/c12-10-3-1-8(2-4-10)11(15)9-5-13-7-14-6-9/h1-7,11,15H. The molecule has 0 saturated heterocycles. The fourth-order valence-corrected chi connectivity index (χ4v) is 1.29. The molecule has 1 N–H and O–H groups in total. The molecule has 0 bridgehead atoms. The molecule has 1 aromatic carbocycles. The lowest BCUT2D eigenvalue weighted by Crippen LogP contribution is -2.00. The van der Waals surface area contributed by atoms with Crippen LogP contribution in [0.1, 0.15) is 17.2 Å². The first-order chi connectivity index (χ1) is 7.27. The number of benzene rings is 1. The molecule has 0 aliphatic carbocycles. The zero-order valence-corrected chi connectivity index (χ0v) is 7.84. The number of aliphatic hydroxyl groups excluding tert-OH is 1. The van der Waals surface area contributed by atoms with Crippen molar-refractivity contribution in [1.29, 1.82) is 0 Å². The predicted octanol–water partition coefficient (Wildman–Crippen LogP) is 1.70. The summed E-state index contributed by atoms with van der Waals surface area (Å²) in [6, 6.07) is 5.69. The van der Waals surface area contributed by atoms with Crippen LogP contribution in [0.15, 0.2) is 43.0 Å². The molecule has 1 unspecified atom stereocenters. The minimum atomic E-state index is -0.813. The molecule has 0 fully saturated rings. The second kappa shape index (κ2) is 4.14. The fourth-order valence-electron chi connectivity index (χ4n) is 1.29.